The lowest BCUT2D eigenvalue weighted by Gasteiger charge is -2.11. The number of carbonyl (C=O) groups is 3. The van der Waals surface area contributed by atoms with Crippen LogP contribution in [0.25, 0.3) is 6.08 Å². The van der Waals surface area contributed by atoms with E-state index in [1.54, 1.807) is 18.2 Å². The molecule has 1 heterocycles. The van der Waals surface area contributed by atoms with Gasteiger partial charge in [-0.15, -0.1) is 0 Å². The lowest BCUT2D eigenvalue weighted by atomic mass is 10.2. The van der Waals surface area contributed by atoms with E-state index >= 15 is 0 Å². The summed E-state index contributed by atoms with van der Waals surface area (Å²) in [5, 5.41) is 8.35. The van der Waals surface area contributed by atoms with E-state index in [1.807, 2.05) is 0 Å². The molecule has 1 aromatic rings. The molecule has 1 aliphatic rings. The highest BCUT2D eigenvalue weighted by Crippen LogP contribution is 2.37. The SMILES string of the molecule is COCCN1C(=O)S/C(=C/c2cc(Br)c(OCC(=O)O)c(Br)c2)C1=O. The first kappa shape index (κ1) is 20.0. The third kappa shape index (κ3) is 5.06. The van der Waals surface area contributed by atoms with E-state index in [4.69, 9.17) is 14.6 Å². The van der Waals surface area contributed by atoms with E-state index in [1.165, 1.54) is 7.11 Å². The first-order chi connectivity index (χ1) is 11.8. The average Bonchev–Trinajstić information content (AvgIpc) is 2.78. The molecule has 0 aromatic heterocycles. The minimum absolute atomic E-state index is 0.202. The van der Waals surface area contributed by atoms with Gasteiger partial charge in [0.15, 0.2) is 6.61 Å². The normalized spacial score (nSPS) is 16.0. The van der Waals surface area contributed by atoms with Crippen LogP contribution >= 0.6 is 43.6 Å². The van der Waals surface area contributed by atoms with Gasteiger partial charge >= 0.3 is 5.97 Å². The average molecular weight is 495 g/mol. The predicted octanol–water partition coefficient (Wildman–Crippen LogP) is 3.36. The molecule has 0 aliphatic carbocycles. The van der Waals surface area contributed by atoms with Crippen molar-refractivity contribution < 1.29 is 29.0 Å². The molecule has 10 heteroatoms. The Labute approximate surface area is 164 Å². The summed E-state index contributed by atoms with van der Waals surface area (Å²) < 4.78 is 11.1. The monoisotopic (exact) mass is 493 g/mol. The molecule has 1 aliphatic heterocycles. The molecule has 0 atom stereocenters. The van der Waals surface area contributed by atoms with E-state index in [9.17, 15) is 14.4 Å². The summed E-state index contributed by atoms with van der Waals surface area (Å²) in [7, 11) is 1.50. The summed E-state index contributed by atoms with van der Waals surface area (Å²) in [6.45, 7) is 0.000820. The molecule has 0 unspecified atom stereocenters. The number of aliphatic carboxylic acids is 1. The molecular weight excluding hydrogens is 482 g/mol. The Morgan fingerprint density at radius 2 is 1.96 bits per heavy atom. The van der Waals surface area contributed by atoms with Crippen LogP contribution in [0.2, 0.25) is 0 Å². The zero-order chi connectivity index (χ0) is 18.6. The van der Waals surface area contributed by atoms with Crippen LogP contribution < -0.4 is 4.74 Å². The molecule has 7 nitrogen and oxygen atoms in total. The summed E-state index contributed by atoms with van der Waals surface area (Å²) in [6.07, 6.45) is 1.59. The minimum atomic E-state index is -1.09. The van der Waals surface area contributed by atoms with Crippen molar-refractivity contribution in [2.45, 2.75) is 0 Å². The zero-order valence-electron chi connectivity index (χ0n) is 13.0. The Balaban J connectivity index is 2.22. The number of hydrogen-bond acceptors (Lipinski definition) is 6. The first-order valence-corrected chi connectivity index (χ1v) is 9.31. The van der Waals surface area contributed by atoms with E-state index in [0.29, 0.717) is 25.2 Å². The van der Waals surface area contributed by atoms with Crippen LogP contribution in [0.5, 0.6) is 5.75 Å². The quantitative estimate of drug-likeness (QED) is 0.581. The van der Waals surface area contributed by atoms with Crippen LogP contribution in [0.1, 0.15) is 5.56 Å². The molecule has 2 rings (SSSR count). The van der Waals surface area contributed by atoms with E-state index in [2.05, 4.69) is 31.9 Å². The van der Waals surface area contributed by atoms with E-state index < -0.39 is 12.6 Å². The molecule has 134 valence electrons. The number of carboxylic acids is 1. The van der Waals surface area contributed by atoms with Crippen molar-refractivity contribution in [3.05, 3.63) is 31.5 Å². The van der Waals surface area contributed by atoms with Crippen LogP contribution in [0.3, 0.4) is 0 Å². The number of halogens is 2. The number of carbonyl (C=O) groups excluding carboxylic acids is 2. The van der Waals surface area contributed by atoms with E-state index in [-0.39, 0.29) is 24.3 Å². The van der Waals surface area contributed by atoms with E-state index in [0.717, 1.165) is 16.7 Å². The highest BCUT2D eigenvalue weighted by Gasteiger charge is 2.34. The number of ether oxygens (including phenoxy) is 2. The molecule has 1 aromatic carbocycles. The maximum Gasteiger partial charge on any atom is 0.341 e. The van der Waals surface area contributed by atoms with Gasteiger partial charge in [-0.1, -0.05) is 0 Å². The van der Waals surface area contributed by atoms with Crippen LogP contribution in [0.15, 0.2) is 26.0 Å². The standard InChI is InChI=1S/C15H13Br2NO6S/c1-23-3-2-18-14(21)11(25-15(18)22)6-8-4-9(16)13(10(17)5-8)24-7-12(19)20/h4-6H,2-3,7H2,1H3,(H,19,20)/b11-6+. The highest BCUT2D eigenvalue weighted by molar-refractivity contribution is 9.11. The molecule has 1 N–H and O–H groups in total. The lowest BCUT2D eigenvalue weighted by molar-refractivity contribution is -0.139. The van der Waals surface area contributed by atoms with Crippen LogP contribution in [0, 0.1) is 0 Å². The number of hydrogen-bond donors (Lipinski definition) is 1. The Bertz CT molecular complexity index is 729. The molecule has 1 saturated heterocycles. The van der Waals surface area contributed by atoms with Crippen LogP contribution in [-0.4, -0.2) is 54.0 Å². The molecule has 0 spiro atoms. The number of rotatable bonds is 7. The van der Waals surface area contributed by atoms with Gasteiger partial charge in [0.25, 0.3) is 11.1 Å². The molecule has 1 fully saturated rings. The molecular formula is C15H13Br2NO6S. The number of imide groups is 1. The Morgan fingerprint density at radius 1 is 1.32 bits per heavy atom. The number of methoxy groups -OCH3 is 1. The number of thioether (sulfide) groups is 1. The second-order valence-electron chi connectivity index (χ2n) is 4.82. The summed E-state index contributed by atoms with van der Waals surface area (Å²) in [5.41, 5.74) is 0.652. The summed E-state index contributed by atoms with van der Waals surface area (Å²) >= 11 is 7.48. The molecule has 0 saturated carbocycles. The smallest absolute Gasteiger partial charge is 0.341 e. The van der Waals surface area contributed by atoms with Gasteiger partial charge in [-0.2, -0.15) is 0 Å². The number of nitrogens with zero attached hydrogens (tertiary/aromatic N) is 1. The maximum atomic E-state index is 12.3. The van der Waals surface area contributed by atoms with Gasteiger partial charge in [0, 0.05) is 7.11 Å². The maximum absolute atomic E-state index is 12.3. The fourth-order valence-corrected chi connectivity index (χ4v) is 4.28. The van der Waals surface area contributed by atoms with Crippen LogP contribution in [-0.2, 0) is 14.3 Å². The molecule has 2 amide bonds. The van der Waals surface area contributed by atoms with Gasteiger partial charge in [0.1, 0.15) is 5.75 Å². The second kappa shape index (κ2) is 8.84. The van der Waals surface area contributed by atoms with Gasteiger partial charge in [0.2, 0.25) is 0 Å². The van der Waals surface area contributed by atoms with Crippen molar-refractivity contribution in [1.29, 1.82) is 0 Å². The minimum Gasteiger partial charge on any atom is -0.480 e. The van der Waals surface area contributed by atoms with Crippen molar-refractivity contribution in [3.8, 4) is 5.75 Å². The topological polar surface area (TPSA) is 93.1 Å². The Kier molecular flexibility index (Phi) is 7.05. The first-order valence-electron chi connectivity index (χ1n) is 6.91. The summed E-state index contributed by atoms with van der Waals surface area (Å²) in [5.74, 6) is -1.12. The second-order valence-corrected chi connectivity index (χ2v) is 7.52. The van der Waals surface area contributed by atoms with Gasteiger partial charge in [0.05, 0.1) is 27.0 Å². The fraction of sp³-hybridized carbons (Fsp3) is 0.267. The van der Waals surface area contributed by atoms with Gasteiger partial charge < -0.3 is 14.6 Å². The molecule has 0 radical (unpaired) electrons. The van der Waals surface area contributed by atoms with Crippen molar-refractivity contribution in [3.63, 3.8) is 0 Å². The third-order valence-corrected chi connectivity index (χ3v) is 5.14. The zero-order valence-corrected chi connectivity index (χ0v) is 16.9. The van der Waals surface area contributed by atoms with Crippen molar-refractivity contribution in [2.24, 2.45) is 0 Å². The fourth-order valence-electron chi connectivity index (χ4n) is 1.96. The number of amides is 2. The van der Waals surface area contributed by atoms with Crippen molar-refractivity contribution in [2.75, 3.05) is 26.9 Å². The van der Waals surface area contributed by atoms with Crippen molar-refractivity contribution >= 4 is 66.8 Å². The highest BCUT2D eigenvalue weighted by atomic mass is 79.9. The Hall–Kier alpha value is -1.36. The number of benzene rings is 1. The lowest BCUT2D eigenvalue weighted by Crippen LogP contribution is -2.31. The van der Waals surface area contributed by atoms with Gasteiger partial charge in [-0.3, -0.25) is 14.5 Å². The largest absolute Gasteiger partial charge is 0.480 e. The van der Waals surface area contributed by atoms with Crippen molar-refractivity contribution in [1.82, 2.24) is 4.90 Å². The molecule has 25 heavy (non-hydrogen) atoms. The Morgan fingerprint density at radius 3 is 2.52 bits per heavy atom. The van der Waals surface area contributed by atoms with Gasteiger partial charge in [-0.25, -0.2) is 4.79 Å². The van der Waals surface area contributed by atoms with Crippen LogP contribution in [0.4, 0.5) is 4.79 Å². The predicted molar refractivity (Wildman–Crippen MR) is 99.5 cm³/mol. The summed E-state index contributed by atoms with van der Waals surface area (Å²) in [4.78, 5) is 36.2. The summed E-state index contributed by atoms with van der Waals surface area (Å²) in [6, 6.07) is 3.34. The third-order valence-electron chi connectivity index (χ3n) is 3.05. The number of carboxylic acid groups (broad SMARTS) is 1. The van der Waals surface area contributed by atoms with Gasteiger partial charge in [-0.05, 0) is 67.4 Å². The molecule has 0 bridgehead atoms.